The Morgan fingerprint density at radius 2 is 2.10 bits per heavy atom. The van der Waals surface area contributed by atoms with Gasteiger partial charge in [-0.1, -0.05) is 30.3 Å². The molecular formula is C16H21N3S. The number of hydrogen-bond acceptors (Lipinski definition) is 4. The topological polar surface area (TPSA) is 28.2 Å². The summed E-state index contributed by atoms with van der Waals surface area (Å²) in [5.74, 6) is 0. The zero-order chi connectivity index (χ0) is 13.9. The van der Waals surface area contributed by atoms with Crippen molar-refractivity contribution in [2.75, 3.05) is 19.6 Å². The molecule has 0 bridgehead atoms. The molecule has 20 heavy (non-hydrogen) atoms. The number of rotatable bonds is 3. The lowest BCUT2D eigenvalue weighted by Gasteiger charge is -2.33. The SMILES string of the molecule is Cc1nc(CN2CCNC(c3ccccc3)C2)sc1C. The van der Waals surface area contributed by atoms with Gasteiger partial charge in [-0.25, -0.2) is 4.98 Å². The molecule has 1 fully saturated rings. The molecule has 1 aromatic heterocycles. The standard InChI is InChI=1S/C16H21N3S/c1-12-13(2)20-16(18-12)11-19-9-8-17-15(10-19)14-6-4-3-5-7-14/h3-7,15,17H,8-11H2,1-2H3. The molecule has 2 aromatic rings. The molecule has 3 nitrogen and oxygen atoms in total. The van der Waals surface area contributed by atoms with E-state index in [4.69, 9.17) is 0 Å². The third-order valence-electron chi connectivity index (χ3n) is 3.89. The summed E-state index contributed by atoms with van der Waals surface area (Å²) in [6, 6.07) is 11.2. The zero-order valence-electron chi connectivity index (χ0n) is 12.1. The van der Waals surface area contributed by atoms with E-state index in [0.717, 1.165) is 26.2 Å². The monoisotopic (exact) mass is 287 g/mol. The maximum absolute atomic E-state index is 4.66. The Morgan fingerprint density at radius 1 is 1.30 bits per heavy atom. The molecule has 0 radical (unpaired) electrons. The van der Waals surface area contributed by atoms with E-state index in [9.17, 15) is 0 Å². The Labute approximate surface area is 124 Å². The van der Waals surface area contributed by atoms with Gasteiger partial charge in [0, 0.05) is 30.6 Å². The van der Waals surface area contributed by atoms with E-state index in [1.807, 2.05) is 11.3 Å². The van der Waals surface area contributed by atoms with Crippen molar-refractivity contribution in [2.24, 2.45) is 0 Å². The Balaban J connectivity index is 1.66. The summed E-state index contributed by atoms with van der Waals surface area (Å²) in [7, 11) is 0. The average molecular weight is 287 g/mol. The summed E-state index contributed by atoms with van der Waals surface area (Å²) < 4.78 is 0. The van der Waals surface area contributed by atoms with Gasteiger partial charge in [0.05, 0.1) is 12.2 Å². The second-order valence-corrected chi connectivity index (χ2v) is 6.69. The van der Waals surface area contributed by atoms with Gasteiger partial charge in [-0.05, 0) is 19.4 Å². The fourth-order valence-corrected chi connectivity index (χ4v) is 3.64. The molecule has 1 aliphatic heterocycles. The lowest BCUT2D eigenvalue weighted by molar-refractivity contribution is 0.193. The van der Waals surface area contributed by atoms with Crippen LogP contribution in [0.15, 0.2) is 30.3 Å². The summed E-state index contributed by atoms with van der Waals surface area (Å²) in [4.78, 5) is 8.51. The molecule has 1 unspecified atom stereocenters. The first-order valence-corrected chi connectivity index (χ1v) is 7.97. The summed E-state index contributed by atoms with van der Waals surface area (Å²) in [5, 5.41) is 4.85. The molecule has 2 heterocycles. The summed E-state index contributed by atoms with van der Waals surface area (Å²) in [5.41, 5.74) is 2.56. The first kappa shape index (κ1) is 13.7. The number of aromatic nitrogens is 1. The van der Waals surface area contributed by atoms with Crippen LogP contribution in [-0.4, -0.2) is 29.5 Å². The molecule has 4 heteroatoms. The van der Waals surface area contributed by atoms with E-state index in [1.54, 1.807) is 0 Å². The van der Waals surface area contributed by atoms with Gasteiger partial charge >= 0.3 is 0 Å². The van der Waals surface area contributed by atoms with Crippen molar-refractivity contribution in [3.63, 3.8) is 0 Å². The van der Waals surface area contributed by atoms with Crippen molar-refractivity contribution in [3.8, 4) is 0 Å². The number of nitrogens with zero attached hydrogens (tertiary/aromatic N) is 2. The number of hydrogen-bond donors (Lipinski definition) is 1. The van der Waals surface area contributed by atoms with Crippen LogP contribution in [0.1, 0.15) is 27.2 Å². The second-order valence-electron chi connectivity index (χ2n) is 5.40. The third kappa shape index (κ3) is 3.08. The molecule has 1 saturated heterocycles. The van der Waals surface area contributed by atoms with Crippen molar-refractivity contribution >= 4 is 11.3 Å². The zero-order valence-corrected chi connectivity index (χ0v) is 12.9. The molecule has 1 aromatic carbocycles. The van der Waals surface area contributed by atoms with Crippen LogP contribution in [0.4, 0.5) is 0 Å². The van der Waals surface area contributed by atoms with E-state index in [1.165, 1.54) is 21.1 Å². The Kier molecular flexibility index (Phi) is 4.15. The normalized spacial score (nSPS) is 20.2. The largest absolute Gasteiger partial charge is 0.308 e. The van der Waals surface area contributed by atoms with Crippen LogP contribution in [-0.2, 0) is 6.54 Å². The van der Waals surface area contributed by atoms with Crippen LogP contribution in [0.3, 0.4) is 0 Å². The van der Waals surface area contributed by atoms with E-state index < -0.39 is 0 Å². The molecule has 106 valence electrons. The average Bonchev–Trinajstić information content (AvgIpc) is 2.78. The Bertz CT molecular complexity index is 545. The first-order valence-electron chi connectivity index (χ1n) is 7.16. The van der Waals surface area contributed by atoms with Gasteiger partial charge in [-0.3, -0.25) is 4.90 Å². The van der Waals surface area contributed by atoms with Crippen LogP contribution in [0, 0.1) is 13.8 Å². The number of piperazine rings is 1. The molecular weight excluding hydrogens is 266 g/mol. The maximum Gasteiger partial charge on any atom is 0.107 e. The second kappa shape index (κ2) is 6.04. The Morgan fingerprint density at radius 3 is 2.80 bits per heavy atom. The number of benzene rings is 1. The number of nitrogens with one attached hydrogen (secondary N) is 1. The van der Waals surface area contributed by atoms with Crippen LogP contribution >= 0.6 is 11.3 Å². The third-order valence-corrected chi connectivity index (χ3v) is 4.95. The molecule has 0 amide bonds. The lowest BCUT2D eigenvalue weighted by Crippen LogP contribution is -2.45. The highest BCUT2D eigenvalue weighted by Crippen LogP contribution is 2.21. The van der Waals surface area contributed by atoms with E-state index in [-0.39, 0.29) is 0 Å². The molecule has 0 saturated carbocycles. The number of aryl methyl sites for hydroxylation is 2. The minimum absolute atomic E-state index is 0.437. The van der Waals surface area contributed by atoms with Crippen LogP contribution in [0.25, 0.3) is 0 Å². The molecule has 0 spiro atoms. The van der Waals surface area contributed by atoms with Gasteiger partial charge < -0.3 is 5.32 Å². The predicted octanol–water partition coefficient (Wildman–Crippen LogP) is 2.91. The van der Waals surface area contributed by atoms with E-state index in [0.29, 0.717) is 6.04 Å². The van der Waals surface area contributed by atoms with Crippen molar-refractivity contribution in [1.29, 1.82) is 0 Å². The van der Waals surface area contributed by atoms with Crippen molar-refractivity contribution < 1.29 is 0 Å². The maximum atomic E-state index is 4.66. The quantitative estimate of drug-likeness (QED) is 0.941. The van der Waals surface area contributed by atoms with Gasteiger partial charge in [0.25, 0.3) is 0 Å². The van der Waals surface area contributed by atoms with E-state index in [2.05, 4.69) is 59.4 Å². The van der Waals surface area contributed by atoms with Crippen LogP contribution < -0.4 is 5.32 Å². The van der Waals surface area contributed by atoms with Crippen molar-refractivity contribution in [3.05, 3.63) is 51.5 Å². The molecule has 1 aliphatic rings. The minimum atomic E-state index is 0.437. The predicted molar refractivity (Wildman–Crippen MR) is 84.1 cm³/mol. The molecule has 1 atom stereocenters. The van der Waals surface area contributed by atoms with Gasteiger partial charge in [-0.15, -0.1) is 11.3 Å². The van der Waals surface area contributed by atoms with Gasteiger partial charge in [-0.2, -0.15) is 0 Å². The summed E-state index contributed by atoms with van der Waals surface area (Å²) >= 11 is 1.83. The van der Waals surface area contributed by atoms with Crippen LogP contribution in [0.5, 0.6) is 0 Å². The van der Waals surface area contributed by atoms with Crippen molar-refractivity contribution in [2.45, 2.75) is 26.4 Å². The number of thiazole rings is 1. The molecule has 0 aliphatic carbocycles. The lowest BCUT2D eigenvalue weighted by atomic mass is 10.0. The van der Waals surface area contributed by atoms with Gasteiger partial charge in [0.15, 0.2) is 0 Å². The fraction of sp³-hybridized carbons (Fsp3) is 0.438. The van der Waals surface area contributed by atoms with E-state index >= 15 is 0 Å². The highest BCUT2D eigenvalue weighted by atomic mass is 32.1. The van der Waals surface area contributed by atoms with Crippen molar-refractivity contribution in [1.82, 2.24) is 15.2 Å². The minimum Gasteiger partial charge on any atom is -0.308 e. The molecule has 3 rings (SSSR count). The summed E-state index contributed by atoms with van der Waals surface area (Å²) in [6.45, 7) is 8.43. The molecule has 1 N–H and O–H groups in total. The fourth-order valence-electron chi connectivity index (χ4n) is 2.66. The van der Waals surface area contributed by atoms with Gasteiger partial charge in [0.2, 0.25) is 0 Å². The van der Waals surface area contributed by atoms with Gasteiger partial charge in [0.1, 0.15) is 5.01 Å². The van der Waals surface area contributed by atoms with Crippen LogP contribution in [0.2, 0.25) is 0 Å². The Hall–Kier alpha value is -1.23. The smallest absolute Gasteiger partial charge is 0.107 e. The highest BCUT2D eigenvalue weighted by molar-refractivity contribution is 7.11. The highest BCUT2D eigenvalue weighted by Gasteiger charge is 2.21. The first-order chi connectivity index (χ1) is 9.72. The summed E-state index contributed by atoms with van der Waals surface area (Å²) in [6.07, 6.45) is 0.